The number of para-hydroxylation sites is 2. The summed E-state index contributed by atoms with van der Waals surface area (Å²) in [6, 6.07) is 36.4. The van der Waals surface area contributed by atoms with Crippen LogP contribution in [-0.2, 0) is 27.3 Å². The van der Waals surface area contributed by atoms with Gasteiger partial charge >= 0.3 is 15.0 Å². The van der Waals surface area contributed by atoms with E-state index in [1.165, 1.54) is 0 Å². The number of ether oxygens (including phenoxy) is 1. The molecule has 0 aliphatic carbocycles. The highest BCUT2D eigenvalue weighted by atomic mass is 16.5. The Balaban J connectivity index is 1.12. The van der Waals surface area contributed by atoms with E-state index in [0.29, 0.717) is 13.2 Å². The fraction of sp³-hybridized carbons (Fsp3) is 0.200. The summed E-state index contributed by atoms with van der Waals surface area (Å²) in [6.07, 6.45) is -0.259. The lowest BCUT2D eigenvalue weighted by Crippen LogP contribution is -2.27. The quantitative estimate of drug-likeness (QED) is 0.196. The Morgan fingerprint density at radius 1 is 0.541 bits per heavy atom. The minimum Gasteiger partial charge on any atom is -0.416 e. The lowest BCUT2D eigenvalue weighted by Gasteiger charge is -2.16. The highest BCUT2D eigenvalue weighted by molar-refractivity contribution is 6.47. The van der Waals surface area contributed by atoms with Gasteiger partial charge in [-0.3, -0.25) is 0 Å². The summed E-state index contributed by atoms with van der Waals surface area (Å²) in [4.78, 5) is 0. The molecule has 0 saturated heterocycles. The summed E-state index contributed by atoms with van der Waals surface area (Å²) in [7, 11) is 3.54. The van der Waals surface area contributed by atoms with Crippen molar-refractivity contribution in [3.05, 3.63) is 120 Å². The third kappa shape index (κ3) is 9.46. The van der Waals surface area contributed by atoms with Gasteiger partial charge in [0.25, 0.3) is 0 Å². The Morgan fingerprint density at radius 3 is 1.30 bits per heavy atom. The summed E-state index contributed by atoms with van der Waals surface area (Å²) in [5, 5.41) is 6.61. The SMILES string of the molecule is CC(Nc1ccccc1)O[B]c1ccc(COCc2ccc([B]OC(C)Nc3ccccc3)cc2)cc1. The molecular weight excluding hydrogens is 458 g/mol. The fourth-order valence-corrected chi connectivity index (χ4v) is 3.64. The molecule has 0 amide bonds. The van der Waals surface area contributed by atoms with E-state index in [1.807, 2.05) is 98.8 Å². The Kier molecular flexibility index (Phi) is 10.3. The zero-order valence-electron chi connectivity index (χ0n) is 21.3. The van der Waals surface area contributed by atoms with Gasteiger partial charge in [0.2, 0.25) is 0 Å². The standard InChI is InChI=1S/C30H32B2N2O3/c1-23(33-29-9-5-3-6-10-29)36-31-27-17-13-25(14-18-27)21-35-22-26-15-19-28(20-16-26)32-37-24(2)34-30-11-7-4-8-12-30/h3-20,23-24,33-34H,21-22H2,1-2H3. The van der Waals surface area contributed by atoms with E-state index in [0.717, 1.165) is 33.4 Å². The molecule has 186 valence electrons. The van der Waals surface area contributed by atoms with Crippen LogP contribution in [0.1, 0.15) is 25.0 Å². The third-order valence-electron chi connectivity index (χ3n) is 5.60. The average Bonchev–Trinajstić information content (AvgIpc) is 2.93. The molecule has 0 aliphatic rings. The lowest BCUT2D eigenvalue weighted by molar-refractivity contribution is 0.107. The van der Waals surface area contributed by atoms with Crippen molar-refractivity contribution in [2.75, 3.05) is 10.6 Å². The molecule has 4 aromatic rings. The number of nitrogens with one attached hydrogen (secondary N) is 2. The summed E-state index contributed by atoms with van der Waals surface area (Å²) in [6.45, 7) is 5.06. The van der Waals surface area contributed by atoms with Crippen molar-refractivity contribution >= 4 is 37.3 Å². The smallest absolute Gasteiger partial charge is 0.332 e. The van der Waals surface area contributed by atoms with Crippen molar-refractivity contribution in [2.45, 2.75) is 39.5 Å². The third-order valence-corrected chi connectivity index (χ3v) is 5.60. The van der Waals surface area contributed by atoms with Crippen molar-refractivity contribution in [3.8, 4) is 0 Å². The molecule has 2 radical (unpaired) electrons. The maximum absolute atomic E-state index is 5.91. The normalized spacial score (nSPS) is 12.4. The number of benzene rings is 4. The molecule has 0 bridgehead atoms. The van der Waals surface area contributed by atoms with Gasteiger partial charge in [0.05, 0.1) is 13.2 Å². The van der Waals surface area contributed by atoms with Crippen LogP contribution in [0.4, 0.5) is 11.4 Å². The first-order valence-corrected chi connectivity index (χ1v) is 12.5. The van der Waals surface area contributed by atoms with Gasteiger partial charge in [-0.15, -0.1) is 0 Å². The largest absolute Gasteiger partial charge is 0.416 e. The molecule has 0 saturated carbocycles. The molecule has 2 N–H and O–H groups in total. The van der Waals surface area contributed by atoms with E-state index < -0.39 is 0 Å². The van der Waals surface area contributed by atoms with Crippen LogP contribution < -0.4 is 21.6 Å². The van der Waals surface area contributed by atoms with Gasteiger partial charge in [-0.25, -0.2) is 0 Å². The van der Waals surface area contributed by atoms with E-state index >= 15 is 0 Å². The van der Waals surface area contributed by atoms with E-state index in [1.54, 1.807) is 15.0 Å². The van der Waals surface area contributed by atoms with Crippen LogP contribution in [0.3, 0.4) is 0 Å². The van der Waals surface area contributed by atoms with Crippen LogP contribution in [-0.4, -0.2) is 27.4 Å². The van der Waals surface area contributed by atoms with E-state index in [-0.39, 0.29) is 12.5 Å². The molecule has 4 rings (SSSR count). The van der Waals surface area contributed by atoms with Gasteiger partial charge in [0.1, 0.15) is 12.5 Å². The first kappa shape index (κ1) is 26.6. The van der Waals surface area contributed by atoms with Gasteiger partial charge in [-0.1, -0.05) is 95.9 Å². The molecule has 0 aliphatic heterocycles. The van der Waals surface area contributed by atoms with Gasteiger partial charge in [0, 0.05) is 11.4 Å². The second-order valence-electron chi connectivity index (χ2n) is 8.79. The van der Waals surface area contributed by atoms with Crippen molar-refractivity contribution in [1.82, 2.24) is 0 Å². The Labute approximate surface area is 221 Å². The minimum atomic E-state index is -0.129. The zero-order chi connectivity index (χ0) is 25.7. The maximum Gasteiger partial charge on any atom is 0.332 e. The predicted octanol–water partition coefficient (Wildman–Crippen LogP) is 4.84. The fourth-order valence-electron chi connectivity index (χ4n) is 3.64. The maximum atomic E-state index is 5.91. The van der Waals surface area contributed by atoms with Gasteiger partial charge < -0.3 is 24.7 Å². The van der Waals surface area contributed by atoms with E-state index in [4.69, 9.17) is 14.0 Å². The molecule has 2 atom stereocenters. The van der Waals surface area contributed by atoms with Crippen LogP contribution >= 0.6 is 0 Å². The number of anilines is 2. The molecule has 0 heterocycles. The predicted molar refractivity (Wildman–Crippen MR) is 153 cm³/mol. The van der Waals surface area contributed by atoms with Crippen LogP contribution in [0.15, 0.2) is 109 Å². The Morgan fingerprint density at radius 2 is 0.919 bits per heavy atom. The number of hydrogen-bond donors (Lipinski definition) is 2. The van der Waals surface area contributed by atoms with Gasteiger partial charge in [-0.2, -0.15) is 0 Å². The first-order valence-electron chi connectivity index (χ1n) is 12.5. The van der Waals surface area contributed by atoms with Crippen LogP contribution in [0, 0.1) is 0 Å². The summed E-state index contributed by atoms with van der Waals surface area (Å²) in [5.41, 5.74) is 6.31. The molecule has 7 heteroatoms. The van der Waals surface area contributed by atoms with Gasteiger partial charge in [0.15, 0.2) is 0 Å². The van der Waals surface area contributed by atoms with Crippen molar-refractivity contribution in [3.63, 3.8) is 0 Å². The average molecular weight is 490 g/mol. The Bertz CT molecular complexity index is 1080. The van der Waals surface area contributed by atoms with Crippen molar-refractivity contribution in [2.24, 2.45) is 0 Å². The molecule has 2 unspecified atom stereocenters. The summed E-state index contributed by atoms with van der Waals surface area (Å²) >= 11 is 0. The molecule has 37 heavy (non-hydrogen) atoms. The monoisotopic (exact) mass is 490 g/mol. The highest BCUT2D eigenvalue weighted by Crippen LogP contribution is 2.09. The lowest BCUT2D eigenvalue weighted by atomic mass is 9.87. The molecule has 0 fully saturated rings. The highest BCUT2D eigenvalue weighted by Gasteiger charge is 2.06. The minimum absolute atomic E-state index is 0.129. The molecule has 4 aromatic carbocycles. The molecule has 5 nitrogen and oxygen atoms in total. The zero-order valence-corrected chi connectivity index (χ0v) is 21.3. The Hall–Kier alpha value is -3.51. The van der Waals surface area contributed by atoms with Crippen LogP contribution in [0.25, 0.3) is 0 Å². The van der Waals surface area contributed by atoms with Crippen molar-refractivity contribution in [1.29, 1.82) is 0 Å². The molecule has 0 aromatic heterocycles. The molecular formula is C30H32B2N2O3. The number of rotatable bonds is 14. The summed E-state index contributed by atoms with van der Waals surface area (Å²) < 4.78 is 17.5. The van der Waals surface area contributed by atoms with Crippen LogP contribution in [0.5, 0.6) is 0 Å². The van der Waals surface area contributed by atoms with Crippen molar-refractivity contribution < 1.29 is 14.0 Å². The first-order chi connectivity index (χ1) is 18.1. The van der Waals surface area contributed by atoms with Crippen LogP contribution in [0.2, 0.25) is 0 Å². The van der Waals surface area contributed by atoms with Gasteiger partial charge in [-0.05, 0) is 49.2 Å². The second-order valence-corrected chi connectivity index (χ2v) is 8.79. The van der Waals surface area contributed by atoms with E-state index in [9.17, 15) is 0 Å². The topological polar surface area (TPSA) is 51.8 Å². The second kappa shape index (κ2) is 14.3. The summed E-state index contributed by atoms with van der Waals surface area (Å²) in [5.74, 6) is 0. The number of hydrogen-bond acceptors (Lipinski definition) is 5. The van der Waals surface area contributed by atoms with E-state index in [2.05, 4.69) is 34.9 Å². The molecule has 0 spiro atoms.